The van der Waals surface area contributed by atoms with Gasteiger partial charge in [-0.1, -0.05) is 26.2 Å². The van der Waals surface area contributed by atoms with Crippen LogP contribution in [0.15, 0.2) is 16.9 Å². The Bertz CT molecular complexity index is 232. The Morgan fingerprint density at radius 2 is 2.17 bits per heavy atom. The second kappa shape index (κ2) is 4.89. The second-order valence-corrected chi connectivity index (χ2v) is 3.27. The van der Waals surface area contributed by atoms with Crippen LogP contribution in [0.5, 0.6) is 0 Å². The molecule has 1 rings (SSSR count). The molecule has 0 bridgehead atoms. The normalized spacial score (nSPS) is 14.8. The van der Waals surface area contributed by atoms with Crippen LogP contribution in [-0.2, 0) is 0 Å². The van der Waals surface area contributed by atoms with Gasteiger partial charge < -0.3 is 0 Å². The van der Waals surface area contributed by atoms with Crippen molar-refractivity contribution in [1.29, 1.82) is 0 Å². The number of unbranched alkanes of at least 4 members (excludes halogenated alkanes) is 3. The molecule has 1 aliphatic heterocycles. The summed E-state index contributed by atoms with van der Waals surface area (Å²) < 4.78 is 0. The van der Waals surface area contributed by atoms with E-state index in [1.807, 2.05) is 13.1 Å². The van der Waals surface area contributed by atoms with E-state index < -0.39 is 0 Å². The quantitative estimate of drug-likeness (QED) is 0.442. The molecule has 2 nitrogen and oxygen atoms in total. The Labute approximate surface area is 74.1 Å². The number of allylic oxidation sites excluding steroid dienone is 1. The molecule has 66 valence electrons. The second-order valence-electron chi connectivity index (χ2n) is 3.27. The lowest BCUT2D eigenvalue weighted by Gasteiger charge is -1.96. The molecule has 12 heavy (non-hydrogen) atoms. The zero-order chi connectivity index (χ0) is 8.81. The van der Waals surface area contributed by atoms with Gasteiger partial charge in [0, 0.05) is 6.92 Å². The van der Waals surface area contributed by atoms with Crippen molar-refractivity contribution in [3.05, 3.63) is 11.8 Å². The predicted molar refractivity (Wildman–Crippen MR) is 50.2 cm³/mol. The highest BCUT2D eigenvalue weighted by Gasteiger charge is 2.15. The first-order chi connectivity index (χ1) is 5.84. The number of hydrogen-bond donors (Lipinski definition) is 0. The monoisotopic (exact) mass is 165 g/mol. The number of hydrogen-bond acceptors (Lipinski definition) is 1. The molecule has 0 N–H and O–H groups in total. The zero-order valence-corrected chi connectivity index (χ0v) is 8.01. The molecule has 0 atom stereocenters. The predicted octanol–water partition coefficient (Wildman–Crippen LogP) is 2.98. The largest absolute Gasteiger partial charge is 0.344 e. The van der Waals surface area contributed by atoms with E-state index in [-0.39, 0.29) is 0 Å². The third-order valence-electron chi connectivity index (χ3n) is 2.19. The summed E-state index contributed by atoms with van der Waals surface area (Å²) in [7, 11) is 0. The fourth-order valence-electron chi connectivity index (χ4n) is 1.33. The summed E-state index contributed by atoms with van der Waals surface area (Å²) in [6, 6.07) is 0. The van der Waals surface area contributed by atoms with Gasteiger partial charge in [-0.25, -0.2) is 0 Å². The first kappa shape index (κ1) is 9.21. The van der Waals surface area contributed by atoms with Crippen molar-refractivity contribution in [3.8, 4) is 0 Å². The molecule has 0 saturated heterocycles. The van der Waals surface area contributed by atoms with Gasteiger partial charge in [-0.05, 0) is 12.8 Å². The standard InChI is InChI=1S/C10H17N2/c1-3-4-5-6-7-10-8-11-12-9(10)2/h8H,3-7H2,1-2H3/q+1. The first-order valence-corrected chi connectivity index (χ1v) is 4.78. The van der Waals surface area contributed by atoms with Crippen molar-refractivity contribution in [2.24, 2.45) is 5.11 Å². The molecule has 0 aromatic carbocycles. The molecule has 1 heterocycles. The van der Waals surface area contributed by atoms with Crippen LogP contribution in [0.1, 0.15) is 46.0 Å². The Morgan fingerprint density at radius 1 is 1.33 bits per heavy atom. The van der Waals surface area contributed by atoms with E-state index in [0.29, 0.717) is 0 Å². The molecule has 0 aromatic heterocycles. The van der Waals surface area contributed by atoms with Gasteiger partial charge in [0.15, 0.2) is 0 Å². The molecular weight excluding hydrogens is 148 g/mol. The van der Waals surface area contributed by atoms with E-state index in [1.165, 1.54) is 31.3 Å². The zero-order valence-electron chi connectivity index (χ0n) is 8.01. The van der Waals surface area contributed by atoms with Crippen LogP contribution in [0.3, 0.4) is 0 Å². The minimum Gasteiger partial charge on any atom is -0.0654 e. The number of nitrogens with zero attached hydrogens (tertiary/aromatic N) is 2. The Kier molecular flexibility index (Phi) is 3.75. The fraction of sp³-hybridized carbons (Fsp3) is 0.700. The summed E-state index contributed by atoms with van der Waals surface area (Å²) in [4.78, 5) is 3.97. The Morgan fingerprint density at radius 3 is 2.75 bits per heavy atom. The van der Waals surface area contributed by atoms with Gasteiger partial charge in [-0.15, -0.1) is 0 Å². The van der Waals surface area contributed by atoms with Crippen LogP contribution in [0.25, 0.3) is 0 Å². The van der Waals surface area contributed by atoms with Crippen LogP contribution in [0.4, 0.5) is 0 Å². The van der Waals surface area contributed by atoms with Crippen LogP contribution in [0, 0.1) is 0 Å². The van der Waals surface area contributed by atoms with E-state index in [2.05, 4.69) is 16.8 Å². The van der Waals surface area contributed by atoms with Crippen LogP contribution >= 0.6 is 0 Å². The molecule has 0 radical (unpaired) electrons. The Balaban J connectivity index is 2.13. The van der Waals surface area contributed by atoms with Gasteiger partial charge >= 0.3 is 5.71 Å². The smallest absolute Gasteiger partial charge is 0.0654 e. The lowest BCUT2D eigenvalue weighted by molar-refractivity contribution is -0.0736. The van der Waals surface area contributed by atoms with E-state index in [4.69, 9.17) is 0 Å². The average Bonchev–Trinajstić information content (AvgIpc) is 2.46. The molecule has 2 heteroatoms. The summed E-state index contributed by atoms with van der Waals surface area (Å²) in [6.07, 6.45) is 8.31. The molecular formula is C10H17N2+. The lowest BCUT2D eigenvalue weighted by Crippen LogP contribution is -1.95. The van der Waals surface area contributed by atoms with E-state index in [9.17, 15) is 0 Å². The topological polar surface area (TPSA) is 26.5 Å². The molecule has 0 saturated carbocycles. The van der Waals surface area contributed by atoms with Gasteiger partial charge in [-0.3, -0.25) is 0 Å². The lowest BCUT2D eigenvalue weighted by atomic mass is 10.0. The number of rotatable bonds is 5. The van der Waals surface area contributed by atoms with Gasteiger partial charge in [-0.2, -0.15) is 0 Å². The molecule has 1 aliphatic rings. The summed E-state index contributed by atoms with van der Waals surface area (Å²) in [5, 5.41) is 3.87. The third kappa shape index (κ3) is 2.63. The van der Waals surface area contributed by atoms with Gasteiger partial charge in [0.2, 0.25) is 0 Å². The maximum absolute atomic E-state index is 3.97. The highest BCUT2D eigenvalue weighted by atomic mass is 15.0. The van der Waals surface area contributed by atoms with Crippen LogP contribution in [0.2, 0.25) is 0 Å². The fourth-order valence-corrected chi connectivity index (χ4v) is 1.33. The van der Waals surface area contributed by atoms with Gasteiger partial charge in [0.25, 0.3) is 0 Å². The van der Waals surface area contributed by atoms with Crippen molar-refractivity contribution >= 4 is 5.71 Å². The summed E-state index contributed by atoms with van der Waals surface area (Å²) in [5.74, 6) is 0. The highest BCUT2D eigenvalue weighted by molar-refractivity contribution is 5.94. The minimum absolute atomic E-state index is 1.10. The molecule has 0 amide bonds. The highest BCUT2D eigenvalue weighted by Crippen LogP contribution is 2.12. The van der Waals surface area contributed by atoms with Crippen LogP contribution < -0.4 is 0 Å². The molecule has 0 fully saturated rings. The van der Waals surface area contributed by atoms with Crippen LogP contribution in [-0.4, -0.2) is 10.5 Å². The van der Waals surface area contributed by atoms with Crippen molar-refractivity contribution in [1.82, 2.24) is 0 Å². The maximum atomic E-state index is 3.97. The van der Waals surface area contributed by atoms with E-state index in [1.54, 1.807) is 0 Å². The maximum Gasteiger partial charge on any atom is 0.344 e. The SMILES string of the molecule is CCCCCCC1=CN=[N+]=C1C. The van der Waals surface area contributed by atoms with Crippen molar-refractivity contribution in [2.45, 2.75) is 46.0 Å². The van der Waals surface area contributed by atoms with Gasteiger partial charge in [0.05, 0.1) is 10.4 Å². The van der Waals surface area contributed by atoms with Crippen molar-refractivity contribution in [2.75, 3.05) is 0 Å². The van der Waals surface area contributed by atoms with E-state index >= 15 is 0 Å². The van der Waals surface area contributed by atoms with Crippen molar-refractivity contribution < 1.29 is 4.79 Å². The Hall–Kier alpha value is -0.880. The summed E-state index contributed by atoms with van der Waals surface area (Å²) >= 11 is 0. The molecule has 0 unspecified atom stereocenters. The summed E-state index contributed by atoms with van der Waals surface area (Å²) in [5.41, 5.74) is 2.43. The molecule has 0 spiro atoms. The van der Waals surface area contributed by atoms with E-state index in [0.717, 1.165) is 12.1 Å². The molecule has 0 aromatic rings. The third-order valence-corrected chi connectivity index (χ3v) is 2.19. The van der Waals surface area contributed by atoms with Gasteiger partial charge in [0.1, 0.15) is 11.3 Å². The average molecular weight is 165 g/mol. The summed E-state index contributed by atoms with van der Waals surface area (Å²) in [6.45, 7) is 4.26. The first-order valence-electron chi connectivity index (χ1n) is 4.78. The molecule has 0 aliphatic carbocycles. The minimum atomic E-state index is 1.10. The van der Waals surface area contributed by atoms with Crippen molar-refractivity contribution in [3.63, 3.8) is 0 Å².